The van der Waals surface area contributed by atoms with Crippen molar-refractivity contribution >= 4 is 66.7 Å². The van der Waals surface area contributed by atoms with E-state index in [0.717, 1.165) is 26.2 Å². The van der Waals surface area contributed by atoms with Crippen molar-refractivity contribution in [3.8, 4) is 0 Å². The van der Waals surface area contributed by atoms with Gasteiger partial charge in [-0.2, -0.15) is 0 Å². The van der Waals surface area contributed by atoms with Crippen LogP contribution in [0.25, 0.3) is 0 Å². The van der Waals surface area contributed by atoms with Crippen molar-refractivity contribution in [3.05, 3.63) is 98.4 Å². The normalized spacial score (nSPS) is 12.5. The highest BCUT2D eigenvalue weighted by Crippen LogP contribution is 2.31. The summed E-state index contributed by atoms with van der Waals surface area (Å²) in [6.07, 6.45) is 1.23. The number of nitrogens with one attached hydrogen (secondary N) is 1. The van der Waals surface area contributed by atoms with Gasteiger partial charge in [0.05, 0.1) is 17.0 Å². The first kappa shape index (κ1) is 31.9. The van der Waals surface area contributed by atoms with E-state index in [9.17, 15) is 18.0 Å². The molecule has 11 heteroatoms. The van der Waals surface area contributed by atoms with Crippen LogP contribution in [0.1, 0.15) is 31.9 Å². The summed E-state index contributed by atoms with van der Waals surface area (Å²) in [5.74, 6) is -0.915. The van der Waals surface area contributed by atoms with Crippen molar-refractivity contribution in [2.75, 3.05) is 17.1 Å². The third kappa shape index (κ3) is 9.23. The van der Waals surface area contributed by atoms with Gasteiger partial charge in [-0.25, -0.2) is 8.42 Å². The SMILES string of the molecule is CC(C)(C)NC(=O)C(Cc1ccccc1)N(Cc1ccc(Br)cc1)C(=O)CN(c1ccc(Cl)cc1Cl)S(C)(=O)=O. The molecule has 3 aromatic rings. The van der Waals surface area contributed by atoms with Crippen molar-refractivity contribution in [3.63, 3.8) is 0 Å². The second kappa shape index (κ2) is 13.4. The molecule has 0 aromatic heterocycles. The average Bonchev–Trinajstić information content (AvgIpc) is 2.85. The predicted octanol–water partition coefficient (Wildman–Crippen LogP) is 6.08. The minimum atomic E-state index is -3.94. The largest absolute Gasteiger partial charge is 0.350 e. The molecule has 0 heterocycles. The second-order valence-electron chi connectivity index (χ2n) is 10.5. The molecule has 0 saturated carbocycles. The van der Waals surface area contributed by atoms with Crippen molar-refractivity contribution in [1.29, 1.82) is 0 Å². The van der Waals surface area contributed by atoms with E-state index in [-0.39, 0.29) is 29.6 Å². The van der Waals surface area contributed by atoms with Gasteiger partial charge in [0.1, 0.15) is 12.6 Å². The van der Waals surface area contributed by atoms with E-state index in [0.29, 0.717) is 5.02 Å². The Morgan fingerprint density at radius 1 is 0.950 bits per heavy atom. The van der Waals surface area contributed by atoms with Gasteiger partial charge in [-0.3, -0.25) is 13.9 Å². The fourth-order valence-corrected chi connectivity index (χ4v) is 5.76. The minimum Gasteiger partial charge on any atom is -0.350 e. The van der Waals surface area contributed by atoms with Crippen molar-refractivity contribution in [2.24, 2.45) is 0 Å². The molecule has 0 fully saturated rings. The number of benzene rings is 3. The Bertz CT molecular complexity index is 1450. The molecular weight excluding hydrogens is 637 g/mol. The van der Waals surface area contributed by atoms with Crippen LogP contribution in [0.15, 0.2) is 77.3 Å². The summed E-state index contributed by atoms with van der Waals surface area (Å²) in [5.41, 5.74) is 1.18. The molecule has 7 nitrogen and oxygen atoms in total. The smallest absolute Gasteiger partial charge is 0.244 e. The van der Waals surface area contributed by atoms with E-state index < -0.39 is 34.1 Å². The van der Waals surface area contributed by atoms with Crippen molar-refractivity contribution < 1.29 is 18.0 Å². The van der Waals surface area contributed by atoms with E-state index in [1.54, 1.807) is 0 Å². The monoisotopic (exact) mass is 667 g/mol. The Labute approximate surface area is 254 Å². The Balaban J connectivity index is 2.09. The maximum atomic E-state index is 14.1. The van der Waals surface area contributed by atoms with E-state index in [2.05, 4.69) is 21.2 Å². The average molecular weight is 669 g/mol. The van der Waals surface area contributed by atoms with Gasteiger partial charge in [-0.15, -0.1) is 0 Å². The van der Waals surface area contributed by atoms with Crippen LogP contribution in [-0.4, -0.2) is 49.5 Å². The maximum Gasteiger partial charge on any atom is 0.244 e. The van der Waals surface area contributed by atoms with Gasteiger partial charge in [0.15, 0.2) is 0 Å². The van der Waals surface area contributed by atoms with Crippen LogP contribution in [0.5, 0.6) is 0 Å². The molecule has 0 radical (unpaired) electrons. The van der Waals surface area contributed by atoms with Gasteiger partial charge < -0.3 is 10.2 Å². The van der Waals surface area contributed by atoms with Gasteiger partial charge in [0, 0.05) is 28.0 Å². The lowest BCUT2D eigenvalue weighted by atomic mass is 10.0. The minimum absolute atomic E-state index is 0.0765. The highest BCUT2D eigenvalue weighted by Gasteiger charge is 2.34. The quantitative estimate of drug-likeness (QED) is 0.284. The van der Waals surface area contributed by atoms with Gasteiger partial charge in [0.2, 0.25) is 21.8 Å². The molecule has 1 unspecified atom stereocenters. The van der Waals surface area contributed by atoms with Crippen molar-refractivity contribution in [1.82, 2.24) is 10.2 Å². The molecule has 1 N–H and O–H groups in total. The Morgan fingerprint density at radius 3 is 2.12 bits per heavy atom. The number of carbonyl (C=O) groups excluding carboxylic acids is 2. The first-order valence-electron chi connectivity index (χ1n) is 12.5. The summed E-state index contributed by atoms with van der Waals surface area (Å²) in [6, 6.07) is 20.2. The second-order valence-corrected chi connectivity index (χ2v) is 14.1. The lowest BCUT2D eigenvalue weighted by molar-refractivity contribution is -0.140. The summed E-state index contributed by atoms with van der Waals surface area (Å²) in [5, 5.41) is 3.40. The number of rotatable bonds is 10. The number of nitrogens with zero attached hydrogens (tertiary/aromatic N) is 2. The number of sulfonamides is 1. The van der Waals surface area contributed by atoms with Crippen LogP contribution in [0.2, 0.25) is 10.0 Å². The first-order chi connectivity index (χ1) is 18.6. The van der Waals surface area contributed by atoms with Crippen LogP contribution in [0.3, 0.4) is 0 Å². The molecular formula is C29H32BrCl2N3O4S. The number of carbonyl (C=O) groups is 2. The molecule has 2 amide bonds. The fraction of sp³-hybridized carbons (Fsp3) is 0.310. The van der Waals surface area contributed by atoms with Crippen LogP contribution in [0.4, 0.5) is 5.69 Å². The van der Waals surface area contributed by atoms with Crippen LogP contribution in [-0.2, 0) is 32.6 Å². The molecule has 0 bridgehead atoms. The molecule has 1 atom stereocenters. The molecule has 40 heavy (non-hydrogen) atoms. The maximum absolute atomic E-state index is 14.1. The van der Waals surface area contributed by atoms with Crippen LogP contribution in [0, 0.1) is 0 Å². The van der Waals surface area contributed by atoms with E-state index in [4.69, 9.17) is 23.2 Å². The highest BCUT2D eigenvalue weighted by atomic mass is 79.9. The van der Waals surface area contributed by atoms with Gasteiger partial charge in [-0.05, 0) is 62.2 Å². The molecule has 0 saturated heterocycles. The Morgan fingerprint density at radius 2 is 1.57 bits per heavy atom. The van der Waals surface area contributed by atoms with Gasteiger partial charge >= 0.3 is 0 Å². The predicted molar refractivity (Wildman–Crippen MR) is 165 cm³/mol. The molecule has 214 valence electrons. The fourth-order valence-electron chi connectivity index (χ4n) is 4.07. The summed E-state index contributed by atoms with van der Waals surface area (Å²) in [4.78, 5) is 29.2. The summed E-state index contributed by atoms with van der Waals surface area (Å²) < 4.78 is 27.6. The highest BCUT2D eigenvalue weighted by molar-refractivity contribution is 9.10. The Kier molecular flexibility index (Phi) is 10.7. The molecule has 3 aromatic carbocycles. The molecule has 0 aliphatic heterocycles. The summed E-state index contributed by atoms with van der Waals surface area (Å²) in [6.45, 7) is 5.09. The molecule has 0 aliphatic rings. The third-order valence-electron chi connectivity index (χ3n) is 5.89. The number of hydrogen-bond acceptors (Lipinski definition) is 4. The zero-order valence-corrected chi connectivity index (χ0v) is 26.6. The topological polar surface area (TPSA) is 86.8 Å². The first-order valence-corrected chi connectivity index (χ1v) is 15.9. The standard InChI is InChI=1S/C29H32BrCl2N3O4S/c1-29(2,3)33-28(37)26(16-20-8-6-5-7-9-20)34(18-21-10-12-22(30)13-11-21)27(36)19-35(40(4,38)39)25-15-14-23(31)17-24(25)32/h5-15,17,26H,16,18-19H2,1-4H3,(H,33,37). The number of halogens is 3. The zero-order valence-electron chi connectivity index (χ0n) is 22.7. The van der Waals surface area contributed by atoms with Gasteiger partial charge in [0.25, 0.3) is 0 Å². The lowest BCUT2D eigenvalue weighted by Gasteiger charge is -2.35. The number of hydrogen-bond donors (Lipinski definition) is 1. The molecule has 3 rings (SSSR count). The summed E-state index contributed by atoms with van der Waals surface area (Å²) in [7, 11) is -3.94. The number of anilines is 1. The van der Waals surface area contributed by atoms with Gasteiger partial charge in [-0.1, -0.05) is 81.6 Å². The third-order valence-corrected chi connectivity index (χ3v) is 8.09. The van der Waals surface area contributed by atoms with Crippen molar-refractivity contribution in [2.45, 2.75) is 45.3 Å². The molecule has 0 aliphatic carbocycles. The van der Waals surface area contributed by atoms with E-state index >= 15 is 0 Å². The zero-order chi connectivity index (χ0) is 29.7. The number of amides is 2. The van der Waals surface area contributed by atoms with E-state index in [1.807, 2.05) is 75.4 Å². The van der Waals surface area contributed by atoms with E-state index in [1.165, 1.54) is 23.1 Å². The van der Waals surface area contributed by atoms with Crippen LogP contribution < -0.4 is 9.62 Å². The lowest BCUT2D eigenvalue weighted by Crippen LogP contribution is -2.56. The van der Waals surface area contributed by atoms with Crippen LogP contribution >= 0.6 is 39.1 Å². The summed E-state index contributed by atoms with van der Waals surface area (Å²) >= 11 is 15.8. The molecule has 0 spiro atoms. The Hall–Kier alpha value is -2.59.